The fourth-order valence-electron chi connectivity index (χ4n) is 1.03. The molecule has 2 N–H and O–H groups in total. The maximum atomic E-state index is 10.8. The van der Waals surface area contributed by atoms with Crippen LogP contribution in [0.1, 0.15) is 17.3 Å². The Kier molecular flexibility index (Phi) is 4.15. The number of aldehydes is 1. The van der Waals surface area contributed by atoms with E-state index >= 15 is 0 Å². The molecular weight excluding hydrogens is 253 g/mol. The molecule has 0 aliphatic rings. The monoisotopic (exact) mass is 261 g/mol. The number of carbonyl (C=O) groups is 2. The van der Waals surface area contributed by atoms with Crippen LogP contribution >= 0.6 is 23.2 Å². The highest BCUT2D eigenvalue weighted by atomic mass is 35.5. The molecule has 86 valence electrons. The van der Waals surface area contributed by atoms with Gasteiger partial charge in [-0.3, -0.25) is 9.59 Å². The van der Waals surface area contributed by atoms with E-state index in [2.05, 4.69) is 0 Å². The predicted octanol–water partition coefficient (Wildman–Crippen LogP) is 2.06. The molecule has 0 saturated carbocycles. The molecule has 1 aromatic carbocycles. The van der Waals surface area contributed by atoms with Gasteiger partial charge in [-0.2, -0.15) is 0 Å². The molecule has 1 unspecified atom stereocenters. The molecule has 16 heavy (non-hydrogen) atoms. The molecule has 0 spiro atoms. The summed E-state index contributed by atoms with van der Waals surface area (Å²) in [4.78, 5) is 21.6. The second kappa shape index (κ2) is 5.18. The molecule has 0 aromatic heterocycles. The Morgan fingerprint density at radius 1 is 1.50 bits per heavy atom. The summed E-state index contributed by atoms with van der Waals surface area (Å²) in [5.74, 6) is -0.546. The van der Waals surface area contributed by atoms with Crippen molar-refractivity contribution < 1.29 is 14.3 Å². The number of amides is 1. The molecule has 0 radical (unpaired) electrons. The molecule has 6 heteroatoms. The maximum Gasteiger partial charge on any atom is 0.258 e. The molecule has 1 atom stereocenters. The zero-order chi connectivity index (χ0) is 12.3. The number of hydrogen-bond acceptors (Lipinski definition) is 3. The second-order valence-corrected chi connectivity index (χ2v) is 3.93. The Labute approximate surface area is 102 Å². The molecule has 1 rings (SSSR count). The van der Waals surface area contributed by atoms with Crippen LogP contribution < -0.4 is 10.5 Å². The summed E-state index contributed by atoms with van der Waals surface area (Å²) in [6.07, 6.45) is -0.335. The van der Waals surface area contributed by atoms with Crippen LogP contribution in [-0.2, 0) is 4.79 Å². The van der Waals surface area contributed by atoms with Crippen molar-refractivity contribution >= 4 is 35.4 Å². The van der Waals surface area contributed by atoms with E-state index in [1.807, 2.05) is 0 Å². The minimum atomic E-state index is -0.877. The normalized spacial score (nSPS) is 11.9. The van der Waals surface area contributed by atoms with Gasteiger partial charge in [-0.25, -0.2) is 0 Å². The Morgan fingerprint density at radius 2 is 2.12 bits per heavy atom. The number of primary amides is 1. The number of nitrogens with two attached hydrogens (primary N) is 1. The van der Waals surface area contributed by atoms with Crippen molar-refractivity contribution in [3.05, 3.63) is 27.7 Å². The standard InChI is InChI=1S/C10H9Cl2NO3/c1-5(10(13)15)16-9-6(4-14)2-7(11)3-8(9)12/h2-5H,1H3,(H2,13,15). The first-order valence-corrected chi connectivity index (χ1v) is 5.11. The molecule has 0 heterocycles. The molecule has 0 bridgehead atoms. The molecule has 0 saturated heterocycles. The van der Waals surface area contributed by atoms with Crippen LogP contribution in [0.2, 0.25) is 10.0 Å². The Bertz CT molecular complexity index is 434. The van der Waals surface area contributed by atoms with Crippen molar-refractivity contribution in [2.75, 3.05) is 0 Å². The first-order valence-electron chi connectivity index (χ1n) is 4.36. The molecular formula is C10H9Cl2NO3. The third kappa shape index (κ3) is 2.87. The minimum Gasteiger partial charge on any atom is -0.479 e. The Balaban J connectivity index is 3.12. The van der Waals surface area contributed by atoms with Gasteiger partial charge in [0.25, 0.3) is 5.91 Å². The predicted molar refractivity (Wildman–Crippen MR) is 61.1 cm³/mol. The summed E-state index contributed by atoms with van der Waals surface area (Å²) < 4.78 is 5.19. The van der Waals surface area contributed by atoms with E-state index in [1.165, 1.54) is 19.1 Å². The van der Waals surface area contributed by atoms with Crippen LogP contribution in [-0.4, -0.2) is 18.3 Å². The van der Waals surface area contributed by atoms with E-state index in [4.69, 9.17) is 33.7 Å². The lowest BCUT2D eigenvalue weighted by Gasteiger charge is -2.14. The minimum absolute atomic E-state index is 0.104. The summed E-state index contributed by atoms with van der Waals surface area (Å²) in [7, 11) is 0. The number of hydrogen-bond donors (Lipinski definition) is 1. The highest BCUT2D eigenvalue weighted by Gasteiger charge is 2.16. The molecule has 4 nitrogen and oxygen atoms in total. The van der Waals surface area contributed by atoms with Gasteiger partial charge in [-0.05, 0) is 19.1 Å². The number of rotatable bonds is 4. The third-order valence-electron chi connectivity index (χ3n) is 1.86. The van der Waals surface area contributed by atoms with Gasteiger partial charge in [0.1, 0.15) is 5.75 Å². The van der Waals surface area contributed by atoms with Crippen molar-refractivity contribution in [3.63, 3.8) is 0 Å². The number of ether oxygens (including phenoxy) is 1. The van der Waals surface area contributed by atoms with Crippen LogP contribution in [0.25, 0.3) is 0 Å². The molecule has 0 aliphatic heterocycles. The highest BCUT2D eigenvalue weighted by Crippen LogP contribution is 2.32. The maximum absolute atomic E-state index is 10.8. The average Bonchev–Trinajstić information content (AvgIpc) is 2.21. The van der Waals surface area contributed by atoms with Crippen LogP contribution in [0.5, 0.6) is 5.75 Å². The van der Waals surface area contributed by atoms with Crippen molar-refractivity contribution in [3.8, 4) is 5.75 Å². The van der Waals surface area contributed by atoms with Gasteiger partial charge in [0, 0.05) is 5.02 Å². The van der Waals surface area contributed by atoms with E-state index in [0.717, 1.165) is 0 Å². The number of benzene rings is 1. The lowest BCUT2D eigenvalue weighted by molar-refractivity contribution is -0.123. The van der Waals surface area contributed by atoms with Crippen molar-refractivity contribution in [1.82, 2.24) is 0 Å². The van der Waals surface area contributed by atoms with Gasteiger partial charge >= 0.3 is 0 Å². The highest BCUT2D eigenvalue weighted by molar-refractivity contribution is 6.36. The van der Waals surface area contributed by atoms with E-state index in [1.54, 1.807) is 0 Å². The van der Waals surface area contributed by atoms with Crippen LogP contribution in [0.4, 0.5) is 0 Å². The largest absolute Gasteiger partial charge is 0.479 e. The zero-order valence-electron chi connectivity index (χ0n) is 8.37. The van der Waals surface area contributed by atoms with E-state index in [-0.39, 0.29) is 16.3 Å². The van der Waals surface area contributed by atoms with Crippen molar-refractivity contribution in [2.24, 2.45) is 5.73 Å². The summed E-state index contributed by atoms with van der Waals surface area (Å²) in [5, 5.41) is 0.467. The van der Waals surface area contributed by atoms with E-state index in [0.29, 0.717) is 11.3 Å². The van der Waals surface area contributed by atoms with Crippen molar-refractivity contribution in [2.45, 2.75) is 13.0 Å². The van der Waals surface area contributed by atoms with Gasteiger partial charge < -0.3 is 10.5 Å². The average molecular weight is 262 g/mol. The third-order valence-corrected chi connectivity index (χ3v) is 2.36. The Hall–Kier alpha value is -1.26. The zero-order valence-corrected chi connectivity index (χ0v) is 9.88. The van der Waals surface area contributed by atoms with E-state index < -0.39 is 12.0 Å². The molecule has 0 fully saturated rings. The first kappa shape index (κ1) is 12.8. The van der Waals surface area contributed by atoms with Gasteiger partial charge in [0.15, 0.2) is 12.4 Å². The second-order valence-electron chi connectivity index (χ2n) is 3.09. The fraction of sp³-hybridized carbons (Fsp3) is 0.200. The van der Waals surface area contributed by atoms with Crippen molar-refractivity contribution in [1.29, 1.82) is 0 Å². The summed E-state index contributed by atoms with van der Waals surface area (Å²) >= 11 is 11.6. The van der Waals surface area contributed by atoms with E-state index in [9.17, 15) is 9.59 Å². The van der Waals surface area contributed by atoms with Gasteiger partial charge in [-0.1, -0.05) is 23.2 Å². The van der Waals surface area contributed by atoms with Gasteiger partial charge in [0.2, 0.25) is 0 Å². The molecule has 0 aliphatic carbocycles. The summed E-state index contributed by atoms with van der Waals surface area (Å²) in [6, 6.07) is 2.81. The lowest BCUT2D eigenvalue weighted by Crippen LogP contribution is -2.31. The fourth-order valence-corrected chi connectivity index (χ4v) is 1.58. The number of carbonyl (C=O) groups excluding carboxylic acids is 2. The lowest BCUT2D eigenvalue weighted by atomic mass is 10.2. The van der Waals surface area contributed by atoms with Gasteiger partial charge in [0.05, 0.1) is 10.6 Å². The topological polar surface area (TPSA) is 69.4 Å². The van der Waals surface area contributed by atoms with Crippen LogP contribution in [0.3, 0.4) is 0 Å². The van der Waals surface area contributed by atoms with Gasteiger partial charge in [-0.15, -0.1) is 0 Å². The first-order chi connectivity index (χ1) is 7.45. The summed E-state index contributed by atoms with van der Waals surface area (Å²) in [6.45, 7) is 1.46. The molecule has 1 amide bonds. The van der Waals surface area contributed by atoms with Crippen LogP contribution in [0.15, 0.2) is 12.1 Å². The Morgan fingerprint density at radius 3 is 2.62 bits per heavy atom. The number of halogens is 2. The smallest absolute Gasteiger partial charge is 0.258 e. The summed E-state index contributed by atoms with van der Waals surface area (Å²) in [5.41, 5.74) is 5.21. The van der Waals surface area contributed by atoms with Crippen LogP contribution in [0, 0.1) is 0 Å². The SMILES string of the molecule is CC(Oc1c(Cl)cc(Cl)cc1C=O)C(N)=O. The molecule has 1 aromatic rings. The quantitative estimate of drug-likeness (QED) is 0.844.